The summed E-state index contributed by atoms with van der Waals surface area (Å²) in [7, 11) is 3.89. The van der Waals surface area contributed by atoms with E-state index < -0.39 is 0 Å². The normalized spacial score (nSPS) is 16.4. The maximum atomic E-state index is 11.9. The SMILES string of the molecule is CCOC(=O)CC1=C(c2ccsc2)OC(c2ccc(N(C)C)nc2)N1. The maximum absolute atomic E-state index is 11.9. The molecule has 132 valence electrons. The van der Waals surface area contributed by atoms with Crippen LogP contribution in [0, 0.1) is 0 Å². The summed E-state index contributed by atoms with van der Waals surface area (Å²) >= 11 is 1.58. The third kappa shape index (κ3) is 3.93. The van der Waals surface area contributed by atoms with Crippen LogP contribution in [0.15, 0.2) is 40.9 Å². The van der Waals surface area contributed by atoms with Gasteiger partial charge in [-0.05, 0) is 30.5 Å². The number of pyridine rings is 1. The molecule has 0 amide bonds. The minimum absolute atomic E-state index is 0.152. The molecule has 0 saturated carbocycles. The summed E-state index contributed by atoms with van der Waals surface area (Å²) in [6, 6.07) is 5.88. The summed E-state index contributed by atoms with van der Waals surface area (Å²) in [5.74, 6) is 1.29. The van der Waals surface area contributed by atoms with Crippen LogP contribution in [-0.2, 0) is 14.3 Å². The number of ether oxygens (including phenoxy) is 2. The van der Waals surface area contributed by atoms with Gasteiger partial charge in [0.15, 0.2) is 6.23 Å². The summed E-state index contributed by atoms with van der Waals surface area (Å²) in [5, 5.41) is 7.27. The molecule has 2 aromatic heterocycles. The van der Waals surface area contributed by atoms with Crippen LogP contribution >= 0.6 is 11.3 Å². The largest absolute Gasteiger partial charge is 0.466 e. The van der Waals surface area contributed by atoms with E-state index in [2.05, 4.69) is 10.3 Å². The first-order chi connectivity index (χ1) is 12.1. The van der Waals surface area contributed by atoms with Gasteiger partial charge in [-0.15, -0.1) is 0 Å². The molecule has 1 aliphatic heterocycles. The van der Waals surface area contributed by atoms with Crippen molar-refractivity contribution in [1.82, 2.24) is 10.3 Å². The number of carbonyl (C=O) groups is 1. The van der Waals surface area contributed by atoms with Crippen LogP contribution in [0.1, 0.15) is 30.7 Å². The highest BCUT2D eigenvalue weighted by atomic mass is 32.1. The van der Waals surface area contributed by atoms with E-state index in [4.69, 9.17) is 9.47 Å². The zero-order valence-corrected chi connectivity index (χ0v) is 15.3. The van der Waals surface area contributed by atoms with Crippen molar-refractivity contribution in [3.8, 4) is 0 Å². The van der Waals surface area contributed by atoms with Crippen LogP contribution in [0.2, 0.25) is 0 Å². The lowest BCUT2D eigenvalue weighted by atomic mass is 10.2. The van der Waals surface area contributed by atoms with E-state index in [0.717, 1.165) is 22.6 Å². The van der Waals surface area contributed by atoms with Crippen molar-refractivity contribution < 1.29 is 14.3 Å². The zero-order valence-electron chi connectivity index (χ0n) is 14.5. The molecule has 6 nitrogen and oxygen atoms in total. The first kappa shape index (κ1) is 17.3. The smallest absolute Gasteiger partial charge is 0.311 e. The second kappa shape index (κ2) is 7.57. The first-order valence-corrected chi connectivity index (χ1v) is 9.00. The van der Waals surface area contributed by atoms with Crippen LogP contribution in [0.5, 0.6) is 0 Å². The number of nitrogens with zero attached hydrogens (tertiary/aromatic N) is 2. The molecule has 0 aliphatic carbocycles. The highest BCUT2D eigenvalue weighted by Gasteiger charge is 2.29. The van der Waals surface area contributed by atoms with Crippen molar-refractivity contribution in [2.45, 2.75) is 19.6 Å². The van der Waals surface area contributed by atoms with Gasteiger partial charge >= 0.3 is 5.97 Å². The summed E-state index contributed by atoms with van der Waals surface area (Å²) in [6.07, 6.45) is 1.56. The Balaban J connectivity index is 1.81. The average molecular weight is 359 g/mol. The lowest BCUT2D eigenvalue weighted by Gasteiger charge is -2.15. The molecule has 1 unspecified atom stereocenters. The van der Waals surface area contributed by atoms with Crippen molar-refractivity contribution >= 4 is 28.9 Å². The second-order valence-electron chi connectivity index (χ2n) is 5.79. The lowest BCUT2D eigenvalue weighted by Crippen LogP contribution is -2.19. The Hall–Kier alpha value is -2.54. The Morgan fingerprint density at radius 2 is 2.24 bits per heavy atom. The summed E-state index contributed by atoms with van der Waals surface area (Å²) in [4.78, 5) is 18.3. The van der Waals surface area contributed by atoms with Crippen molar-refractivity contribution in [1.29, 1.82) is 0 Å². The van der Waals surface area contributed by atoms with E-state index in [1.54, 1.807) is 24.5 Å². The Labute approximate surface area is 151 Å². The highest BCUT2D eigenvalue weighted by Crippen LogP contribution is 2.35. The van der Waals surface area contributed by atoms with E-state index in [0.29, 0.717) is 12.4 Å². The number of thiophene rings is 1. The third-order valence-electron chi connectivity index (χ3n) is 3.76. The monoisotopic (exact) mass is 359 g/mol. The number of rotatable bonds is 6. The highest BCUT2D eigenvalue weighted by molar-refractivity contribution is 7.08. The molecule has 0 aromatic carbocycles. The number of anilines is 1. The molecule has 1 N–H and O–H groups in total. The molecule has 0 bridgehead atoms. The predicted octanol–water partition coefficient (Wildman–Crippen LogP) is 3.15. The van der Waals surface area contributed by atoms with Crippen LogP contribution in [0.25, 0.3) is 5.76 Å². The average Bonchev–Trinajstić information content (AvgIpc) is 3.24. The van der Waals surface area contributed by atoms with Crippen molar-refractivity contribution in [3.05, 3.63) is 52.0 Å². The van der Waals surface area contributed by atoms with E-state index in [1.165, 1.54) is 0 Å². The minimum atomic E-state index is -0.372. The van der Waals surface area contributed by atoms with Gasteiger partial charge < -0.3 is 19.7 Å². The number of nitrogens with one attached hydrogen (secondary N) is 1. The molecular formula is C18H21N3O3S. The van der Waals surface area contributed by atoms with Gasteiger partial charge in [-0.3, -0.25) is 4.79 Å². The molecule has 25 heavy (non-hydrogen) atoms. The van der Waals surface area contributed by atoms with Gasteiger partial charge in [0, 0.05) is 36.8 Å². The lowest BCUT2D eigenvalue weighted by molar-refractivity contribution is -0.142. The fraction of sp³-hybridized carbons (Fsp3) is 0.333. The van der Waals surface area contributed by atoms with Crippen molar-refractivity contribution in [3.63, 3.8) is 0 Å². The van der Waals surface area contributed by atoms with E-state index in [9.17, 15) is 4.79 Å². The molecule has 7 heteroatoms. The Kier molecular flexibility index (Phi) is 5.23. The Bertz CT molecular complexity index is 754. The summed E-state index contributed by atoms with van der Waals surface area (Å²) in [5.41, 5.74) is 2.59. The Morgan fingerprint density at radius 1 is 1.40 bits per heavy atom. The second-order valence-corrected chi connectivity index (χ2v) is 6.57. The fourth-order valence-electron chi connectivity index (χ4n) is 2.53. The molecule has 0 saturated heterocycles. The number of aromatic nitrogens is 1. The topological polar surface area (TPSA) is 63.7 Å². The van der Waals surface area contributed by atoms with Crippen LogP contribution in [0.4, 0.5) is 5.82 Å². The van der Waals surface area contributed by atoms with Crippen LogP contribution in [-0.4, -0.2) is 31.7 Å². The molecule has 0 radical (unpaired) electrons. The van der Waals surface area contributed by atoms with E-state index in [1.807, 2.05) is 48.0 Å². The molecule has 1 aliphatic rings. The van der Waals surface area contributed by atoms with Gasteiger partial charge in [0.1, 0.15) is 11.6 Å². The quantitative estimate of drug-likeness (QED) is 0.800. The van der Waals surface area contributed by atoms with Crippen LogP contribution < -0.4 is 10.2 Å². The number of carbonyl (C=O) groups excluding carboxylic acids is 1. The molecule has 0 spiro atoms. The molecule has 3 rings (SSSR count). The third-order valence-corrected chi connectivity index (χ3v) is 4.44. The van der Waals surface area contributed by atoms with Gasteiger partial charge in [-0.1, -0.05) is 0 Å². The predicted molar refractivity (Wildman–Crippen MR) is 98.0 cm³/mol. The van der Waals surface area contributed by atoms with Gasteiger partial charge in [0.2, 0.25) is 0 Å². The van der Waals surface area contributed by atoms with Crippen molar-refractivity contribution in [2.24, 2.45) is 0 Å². The van der Waals surface area contributed by atoms with Gasteiger partial charge in [0.05, 0.1) is 18.7 Å². The standard InChI is InChI=1S/C18H21N3O3S/c1-4-23-16(22)9-14-17(13-7-8-25-11-13)24-18(20-14)12-5-6-15(19-10-12)21(2)3/h5-8,10-11,18,20H,4,9H2,1-3H3. The maximum Gasteiger partial charge on any atom is 0.311 e. The molecule has 3 heterocycles. The summed E-state index contributed by atoms with van der Waals surface area (Å²) < 4.78 is 11.2. The summed E-state index contributed by atoms with van der Waals surface area (Å²) in [6.45, 7) is 2.16. The molecule has 0 fully saturated rings. The Morgan fingerprint density at radius 3 is 2.84 bits per heavy atom. The van der Waals surface area contributed by atoms with E-state index >= 15 is 0 Å². The van der Waals surface area contributed by atoms with Gasteiger partial charge in [-0.2, -0.15) is 11.3 Å². The van der Waals surface area contributed by atoms with Crippen LogP contribution in [0.3, 0.4) is 0 Å². The molecular weight excluding hydrogens is 338 g/mol. The van der Waals surface area contributed by atoms with E-state index in [-0.39, 0.29) is 18.6 Å². The number of hydrogen-bond donors (Lipinski definition) is 1. The number of esters is 1. The molecule has 2 aromatic rings. The minimum Gasteiger partial charge on any atom is -0.466 e. The van der Waals surface area contributed by atoms with Crippen molar-refractivity contribution in [2.75, 3.05) is 25.6 Å². The van der Waals surface area contributed by atoms with Gasteiger partial charge in [0.25, 0.3) is 0 Å². The molecule has 1 atom stereocenters. The number of hydrogen-bond acceptors (Lipinski definition) is 7. The first-order valence-electron chi connectivity index (χ1n) is 8.06. The van der Waals surface area contributed by atoms with Gasteiger partial charge in [-0.25, -0.2) is 4.98 Å². The fourth-order valence-corrected chi connectivity index (χ4v) is 3.17. The zero-order chi connectivity index (χ0) is 17.8.